The molecule has 3 aromatic rings. The van der Waals surface area contributed by atoms with Crippen molar-refractivity contribution in [3.05, 3.63) is 101 Å². The van der Waals surface area contributed by atoms with Crippen molar-refractivity contribution in [1.29, 1.82) is 0 Å². The molecule has 1 fully saturated rings. The molecule has 2 bridgehead atoms. The van der Waals surface area contributed by atoms with E-state index in [4.69, 9.17) is 4.74 Å². The van der Waals surface area contributed by atoms with Crippen LogP contribution in [0.25, 0.3) is 0 Å². The van der Waals surface area contributed by atoms with Gasteiger partial charge in [-0.2, -0.15) is 0 Å². The normalized spacial score (nSPS) is 23.1. The zero-order valence-corrected chi connectivity index (χ0v) is 19.6. The van der Waals surface area contributed by atoms with E-state index in [9.17, 15) is 19.2 Å². The lowest BCUT2D eigenvalue weighted by atomic mass is 9.55. The summed E-state index contributed by atoms with van der Waals surface area (Å²) in [6.07, 6.45) is 0. The van der Waals surface area contributed by atoms with E-state index in [1.165, 1.54) is 0 Å². The summed E-state index contributed by atoms with van der Waals surface area (Å²) in [6, 6.07) is 23.2. The highest BCUT2D eigenvalue weighted by Gasteiger charge is 2.61. The number of para-hydroxylation sites is 1. The predicted octanol–water partition coefficient (Wildman–Crippen LogP) is 3.37. The number of carbonyl (C=O) groups excluding carboxylic acids is 4. The zero-order valence-electron chi connectivity index (χ0n) is 19.6. The molecule has 0 aromatic heterocycles. The van der Waals surface area contributed by atoms with Crippen molar-refractivity contribution in [2.75, 3.05) is 18.5 Å². The molecule has 1 N–H and O–H groups in total. The summed E-state index contributed by atoms with van der Waals surface area (Å²) in [7, 11) is 0. The number of hydrogen-bond donors (Lipinski definition) is 1. The summed E-state index contributed by atoms with van der Waals surface area (Å²) < 4.78 is 5.12. The lowest BCUT2D eigenvalue weighted by Crippen LogP contribution is -2.41. The minimum atomic E-state index is -0.794. The molecule has 36 heavy (non-hydrogen) atoms. The number of rotatable bonds is 5. The van der Waals surface area contributed by atoms with Crippen LogP contribution in [0.1, 0.15) is 39.7 Å². The number of nitrogens with one attached hydrogen (secondary N) is 1. The Balaban J connectivity index is 1.19. The minimum Gasteiger partial charge on any atom is -0.454 e. The van der Waals surface area contributed by atoms with E-state index in [1.54, 1.807) is 12.1 Å². The van der Waals surface area contributed by atoms with Crippen molar-refractivity contribution in [3.63, 3.8) is 0 Å². The molecule has 3 aromatic carbocycles. The van der Waals surface area contributed by atoms with Crippen LogP contribution in [0.4, 0.5) is 5.69 Å². The molecule has 1 aliphatic heterocycles. The van der Waals surface area contributed by atoms with E-state index in [0.717, 1.165) is 32.7 Å². The summed E-state index contributed by atoms with van der Waals surface area (Å²) >= 11 is 0. The first-order chi connectivity index (χ1) is 17.5. The monoisotopic (exact) mass is 480 g/mol. The fraction of sp³-hybridized carbons (Fsp3) is 0.241. The number of aryl methyl sites for hydroxylation is 1. The number of likely N-dealkylation sites (tertiary alicyclic amines) is 1. The van der Waals surface area contributed by atoms with Gasteiger partial charge in [0, 0.05) is 17.5 Å². The molecule has 4 aliphatic rings. The Labute approximate surface area is 208 Å². The zero-order chi connectivity index (χ0) is 25.0. The van der Waals surface area contributed by atoms with Crippen molar-refractivity contribution < 1.29 is 23.9 Å². The first kappa shape index (κ1) is 22.2. The van der Waals surface area contributed by atoms with E-state index in [2.05, 4.69) is 5.32 Å². The Hall–Kier alpha value is -4.26. The topological polar surface area (TPSA) is 92.8 Å². The molecule has 7 rings (SSSR count). The fourth-order valence-corrected chi connectivity index (χ4v) is 6.12. The van der Waals surface area contributed by atoms with Gasteiger partial charge in [-0.25, -0.2) is 0 Å². The van der Waals surface area contributed by atoms with Gasteiger partial charge in [-0.1, -0.05) is 66.7 Å². The van der Waals surface area contributed by atoms with Crippen molar-refractivity contribution >= 4 is 29.4 Å². The molecule has 2 atom stereocenters. The summed E-state index contributed by atoms with van der Waals surface area (Å²) in [6.45, 7) is 0.849. The van der Waals surface area contributed by atoms with Crippen LogP contribution in [0.15, 0.2) is 72.8 Å². The number of esters is 1. The summed E-state index contributed by atoms with van der Waals surface area (Å²) in [5.74, 6) is -3.56. The highest BCUT2D eigenvalue weighted by atomic mass is 16.5. The molecule has 180 valence electrons. The number of imide groups is 1. The molecule has 0 radical (unpaired) electrons. The average molecular weight is 481 g/mol. The maximum Gasteiger partial charge on any atom is 0.326 e. The predicted molar refractivity (Wildman–Crippen MR) is 131 cm³/mol. The summed E-state index contributed by atoms with van der Waals surface area (Å²) in [5, 5.41) is 2.69. The molecule has 1 saturated heterocycles. The Morgan fingerprint density at radius 2 is 1.25 bits per heavy atom. The molecule has 3 aliphatic carbocycles. The highest BCUT2D eigenvalue weighted by molar-refractivity contribution is 6.09. The van der Waals surface area contributed by atoms with Crippen LogP contribution in [0, 0.1) is 18.8 Å². The third-order valence-corrected chi connectivity index (χ3v) is 7.61. The molecule has 7 nitrogen and oxygen atoms in total. The van der Waals surface area contributed by atoms with Gasteiger partial charge in [-0.05, 0) is 40.8 Å². The summed E-state index contributed by atoms with van der Waals surface area (Å²) in [5.41, 5.74) is 5.79. The van der Waals surface area contributed by atoms with E-state index >= 15 is 0 Å². The van der Waals surface area contributed by atoms with E-state index in [-0.39, 0.29) is 23.7 Å². The number of nitrogens with zero attached hydrogens (tertiary/aromatic N) is 1. The van der Waals surface area contributed by atoms with Gasteiger partial charge in [-0.3, -0.25) is 24.1 Å². The SMILES string of the molecule is Cc1ccccc1NC(=O)COC(=O)CN1C(=O)[C@@H]2C3c4ccccc4C(c4ccccc43)[C@@H]2C1=O. The average Bonchev–Trinajstić information content (AvgIpc) is 3.14. The van der Waals surface area contributed by atoms with Crippen LogP contribution in [-0.2, 0) is 23.9 Å². The first-order valence-corrected chi connectivity index (χ1v) is 12.0. The minimum absolute atomic E-state index is 0.232. The van der Waals surface area contributed by atoms with Crippen molar-refractivity contribution in [1.82, 2.24) is 4.90 Å². The third kappa shape index (κ3) is 3.34. The Kier molecular flexibility index (Phi) is 5.21. The second-order valence-corrected chi connectivity index (χ2v) is 9.55. The van der Waals surface area contributed by atoms with Gasteiger partial charge >= 0.3 is 5.97 Å². The van der Waals surface area contributed by atoms with Crippen LogP contribution in [-0.4, -0.2) is 41.7 Å². The van der Waals surface area contributed by atoms with Crippen LogP contribution in [0.2, 0.25) is 0 Å². The third-order valence-electron chi connectivity index (χ3n) is 7.61. The molecule has 0 unspecified atom stereocenters. The number of ether oxygens (including phenoxy) is 1. The first-order valence-electron chi connectivity index (χ1n) is 12.0. The molecule has 1 heterocycles. The smallest absolute Gasteiger partial charge is 0.326 e. The molecule has 3 amide bonds. The van der Waals surface area contributed by atoms with Crippen molar-refractivity contribution in [2.24, 2.45) is 11.8 Å². The van der Waals surface area contributed by atoms with Gasteiger partial charge in [0.15, 0.2) is 6.61 Å². The maximum atomic E-state index is 13.5. The number of amides is 3. The molecule has 0 spiro atoms. The number of carbonyl (C=O) groups is 4. The standard InChI is InChI=1S/C29H24N2O5/c1-16-8-2-7-13-21(16)30-22(32)15-36-23(33)14-31-28(34)26-24-17-9-3-4-10-18(17)25(27(26)29(31)35)20-12-6-5-11-19(20)24/h2-13,24-27H,14-15H2,1H3,(H,30,32)/t24?,25?,26-,27+. The Bertz CT molecular complexity index is 1310. The van der Waals surface area contributed by atoms with Crippen LogP contribution in [0.5, 0.6) is 0 Å². The number of hydrogen-bond acceptors (Lipinski definition) is 5. The number of anilines is 1. The molecule has 7 heteroatoms. The lowest BCUT2D eigenvalue weighted by molar-refractivity contribution is -0.154. The van der Waals surface area contributed by atoms with Gasteiger partial charge in [-0.15, -0.1) is 0 Å². The van der Waals surface area contributed by atoms with Gasteiger partial charge in [0.2, 0.25) is 11.8 Å². The second-order valence-electron chi connectivity index (χ2n) is 9.55. The Morgan fingerprint density at radius 1 is 0.778 bits per heavy atom. The van der Waals surface area contributed by atoms with Crippen molar-refractivity contribution in [2.45, 2.75) is 18.8 Å². The molecule has 0 saturated carbocycles. The van der Waals surface area contributed by atoms with Crippen LogP contribution >= 0.6 is 0 Å². The maximum absolute atomic E-state index is 13.5. The molecular weight excluding hydrogens is 456 g/mol. The van der Waals surface area contributed by atoms with Crippen molar-refractivity contribution in [3.8, 4) is 0 Å². The fourth-order valence-electron chi connectivity index (χ4n) is 6.12. The largest absolute Gasteiger partial charge is 0.454 e. The number of benzene rings is 3. The van der Waals surface area contributed by atoms with Gasteiger partial charge in [0.1, 0.15) is 6.54 Å². The van der Waals surface area contributed by atoms with Crippen LogP contribution in [0.3, 0.4) is 0 Å². The quantitative estimate of drug-likeness (QED) is 0.447. The van der Waals surface area contributed by atoms with Gasteiger partial charge in [0.05, 0.1) is 11.8 Å². The second kappa shape index (κ2) is 8.45. The van der Waals surface area contributed by atoms with E-state index < -0.39 is 36.9 Å². The lowest BCUT2D eigenvalue weighted by Gasteiger charge is -2.45. The van der Waals surface area contributed by atoms with E-state index in [1.807, 2.05) is 67.6 Å². The van der Waals surface area contributed by atoms with Gasteiger partial charge in [0.25, 0.3) is 5.91 Å². The van der Waals surface area contributed by atoms with Gasteiger partial charge < -0.3 is 10.1 Å². The molecular formula is C29H24N2O5. The summed E-state index contributed by atoms with van der Waals surface area (Å²) in [4.78, 5) is 52.9. The highest BCUT2D eigenvalue weighted by Crippen LogP contribution is 2.60. The van der Waals surface area contributed by atoms with E-state index in [0.29, 0.717) is 5.69 Å². The van der Waals surface area contributed by atoms with Crippen LogP contribution < -0.4 is 5.32 Å². The Morgan fingerprint density at radius 3 is 1.75 bits per heavy atom.